The van der Waals surface area contributed by atoms with Crippen LogP contribution in [0.2, 0.25) is 0 Å². The minimum atomic E-state index is 0.616. The Hall–Kier alpha value is -1.18. The molecule has 2 unspecified atom stereocenters. The van der Waals surface area contributed by atoms with Crippen molar-refractivity contribution < 1.29 is 4.74 Å². The van der Waals surface area contributed by atoms with Gasteiger partial charge in [0.15, 0.2) is 0 Å². The molecule has 1 aliphatic rings. The van der Waals surface area contributed by atoms with Crippen molar-refractivity contribution in [2.24, 2.45) is 5.92 Å². The summed E-state index contributed by atoms with van der Waals surface area (Å²) < 4.78 is 5.38. The van der Waals surface area contributed by atoms with Crippen LogP contribution in [-0.2, 0) is 0 Å². The zero-order valence-electron chi connectivity index (χ0n) is 10.9. The second kappa shape index (κ2) is 5.95. The lowest BCUT2D eigenvalue weighted by Crippen LogP contribution is -2.27. The summed E-state index contributed by atoms with van der Waals surface area (Å²) >= 11 is 0. The quantitative estimate of drug-likeness (QED) is 0.846. The smallest absolute Gasteiger partial charge is 0.141 e. The summed E-state index contributed by atoms with van der Waals surface area (Å²) in [6.45, 7) is 2.30. The molecule has 1 fully saturated rings. The molecule has 0 bridgehead atoms. The lowest BCUT2D eigenvalue weighted by Gasteiger charge is -2.30. The van der Waals surface area contributed by atoms with Crippen molar-refractivity contribution in [3.05, 3.63) is 24.3 Å². The van der Waals surface area contributed by atoms with E-state index in [0.29, 0.717) is 6.04 Å². The van der Waals surface area contributed by atoms with Crippen LogP contribution < -0.4 is 10.1 Å². The summed E-state index contributed by atoms with van der Waals surface area (Å²) in [5, 5.41) is 3.64. The normalized spacial score (nSPS) is 24.4. The van der Waals surface area contributed by atoms with E-state index < -0.39 is 0 Å². The Morgan fingerprint density at radius 3 is 2.88 bits per heavy atom. The Balaban J connectivity index is 2.00. The number of hydrogen-bond donors (Lipinski definition) is 1. The van der Waals surface area contributed by atoms with Gasteiger partial charge in [0.25, 0.3) is 0 Å². The molecule has 1 aliphatic carbocycles. The lowest BCUT2D eigenvalue weighted by atomic mass is 9.84. The number of benzene rings is 1. The minimum Gasteiger partial charge on any atom is -0.495 e. The maximum absolute atomic E-state index is 5.38. The van der Waals surface area contributed by atoms with E-state index in [-0.39, 0.29) is 0 Å². The third-order valence-corrected chi connectivity index (χ3v) is 3.83. The van der Waals surface area contributed by atoms with E-state index in [2.05, 4.69) is 24.4 Å². The van der Waals surface area contributed by atoms with Crippen LogP contribution in [0.3, 0.4) is 0 Å². The first-order chi connectivity index (χ1) is 8.33. The van der Waals surface area contributed by atoms with Crippen LogP contribution in [0, 0.1) is 5.92 Å². The van der Waals surface area contributed by atoms with Gasteiger partial charge in [-0.05, 0) is 30.9 Å². The van der Waals surface area contributed by atoms with Crippen LogP contribution in [0.4, 0.5) is 5.69 Å². The van der Waals surface area contributed by atoms with Crippen molar-refractivity contribution >= 4 is 5.69 Å². The van der Waals surface area contributed by atoms with Crippen LogP contribution in [-0.4, -0.2) is 13.2 Å². The number of anilines is 1. The Kier molecular flexibility index (Phi) is 4.29. The summed E-state index contributed by atoms with van der Waals surface area (Å²) in [5.41, 5.74) is 1.14. The van der Waals surface area contributed by atoms with Crippen molar-refractivity contribution in [2.75, 3.05) is 12.4 Å². The number of nitrogens with one attached hydrogen (secondary N) is 1. The van der Waals surface area contributed by atoms with Crippen molar-refractivity contribution in [1.29, 1.82) is 0 Å². The average Bonchev–Trinajstić information content (AvgIpc) is 2.39. The van der Waals surface area contributed by atoms with Crippen LogP contribution in [0.25, 0.3) is 0 Å². The van der Waals surface area contributed by atoms with Crippen LogP contribution >= 0.6 is 0 Å². The Morgan fingerprint density at radius 2 is 2.12 bits per heavy atom. The monoisotopic (exact) mass is 233 g/mol. The first-order valence-corrected chi connectivity index (χ1v) is 6.73. The number of rotatable bonds is 4. The van der Waals surface area contributed by atoms with E-state index in [1.165, 1.54) is 32.1 Å². The molecule has 1 aromatic rings. The maximum Gasteiger partial charge on any atom is 0.141 e. The molecule has 2 atom stereocenters. The molecular formula is C15H23NO. The molecule has 94 valence electrons. The average molecular weight is 233 g/mol. The summed E-state index contributed by atoms with van der Waals surface area (Å²) in [4.78, 5) is 0. The first kappa shape index (κ1) is 12.3. The molecule has 2 rings (SSSR count). The molecule has 2 nitrogen and oxygen atoms in total. The third kappa shape index (κ3) is 3.15. The van der Waals surface area contributed by atoms with Gasteiger partial charge in [-0.2, -0.15) is 0 Å². The van der Waals surface area contributed by atoms with Gasteiger partial charge in [0, 0.05) is 6.04 Å². The van der Waals surface area contributed by atoms with E-state index >= 15 is 0 Å². The van der Waals surface area contributed by atoms with Gasteiger partial charge in [0.05, 0.1) is 12.8 Å². The second-order valence-electron chi connectivity index (χ2n) is 4.98. The zero-order chi connectivity index (χ0) is 12.1. The molecule has 0 amide bonds. The predicted octanol–water partition coefficient (Wildman–Crippen LogP) is 4.08. The zero-order valence-corrected chi connectivity index (χ0v) is 10.9. The highest BCUT2D eigenvalue weighted by molar-refractivity contribution is 5.56. The number of hydrogen-bond acceptors (Lipinski definition) is 2. The van der Waals surface area contributed by atoms with Crippen molar-refractivity contribution in [2.45, 2.75) is 45.1 Å². The highest BCUT2D eigenvalue weighted by Crippen LogP contribution is 2.31. The van der Waals surface area contributed by atoms with Crippen LogP contribution in [0.15, 0.2) is 24.3 Å². The Morgan fingerprint density at radius 1 is 1.29 bits per heavy atom. The van der Waals surface area contributed by atoms with Gasteiger partial charge in [-0.25, -0.2) is 0 Å². The van der Waals surface area contributed by atoms with Crippen molar-refractivity contribution in [3.63, 3.8) is 0 Å². The van der Waals surface area contributed by atoms with Crippen LogP contribution in [0.5, 0.6) is 5.75 Å². The predicted molar refractivity (Wildman–Crippen MR) is 72.7 cm³/mol. The largest absolute Gasteiger partial charge is 0.495 e. The fourth-order valence-corrected chi connectivity index (χ4v) is 2.78. The fraction of sp³-hybridized carbons (Fsp3) is 0.600. The molecule has 0 spiro atoms. The van der Waals surface area contributed by atoms with Gasteiger partial charge in [0.1, 0.15) is 5.75 Å². The molecule has 0 aliphatic heterocycles. The third-order valence-electron chi connectivity index (χ3n) is 3.83. The first-order valence-electron chi connectivity index (χ1n) is 6.73. The van der Waals surface area contributed by atoms with Crippen molar-refractivity contribution in [3.8, 4) is 5.75 Å². The van der Waals surface area contributed by atoms with Gasteiger partial charge in [-0.1, -0.05) is 38.3 Å². The van der Waals surface area contributed by atoms with Gasteiger partial charge in [-0.3, -0.25) is 0 Å². The number of ether oxygens (including phenoxy) is 1. The van der Waals surface area contributed by atoms with E-state index in [0.717, 1.165) is 17.4 Å². The van der Waals surface area contributed by atoms with Gasteiger partial charge in [0.2, 0.25) is 0 Å². The molecule has 2 heteroatoms. The topological polar surface area (TPSA) is 21.3 Å². The second-order valence-corrected chi connectivity index (χ2v) is 4.98. The maximum atomic E-state index is 5.38. The van der Waals surface area contributed by atoms with E-state index in [9.17, 15) is 0 Å². The summed E-state index contributed by atoms with van der Waals surface area (Å²) in [7, 11) is 1.73. The molecule has 1 saturated carbocycles. The summed E-state index contributed by atoms with van der Waals surface area (Å²) in [6, 6.07) is 8.81. The molecule has 0 heterocycles. The Labute approximate surface area is 104 Å². The summed E-state index contributed by atoms with van der Waals surface area (Å²) in [5.74, 6) is 1.85. The molecule has 1 aromatic carbocycles. The molecular weight excluding hydrogens is 210 g/mol. The van der Waals surface area contributed by atoms with E-state index in [4.69, 9.17) is 4.74 Å². The highest BCUT2D eigenvalue weighted by Gasteiger charge is 2.21. The van der Waals surface area contributed by atoms with Crippen molar-refractivity contribution in [1.82, 2.24) is 0 Å². The number of para-hydroxylation sites is 2. The van der Waals surface area contributed by atoms with Crippen LogP contribution in [0.1, 0.15) is 39.0 Å². The molecule has 1 N–H and O–H groups in total. The minimum absolute atomic E-state index is 0.616. The van der Waals surface area contributed by atoms with E-state index in [1.807, 2.05) is 12.1 Å². The number of methoxy groups -OCH3 is 1. The molecule has 0 saturated heterocycles. The van der Waals surface area contributed by atoms with E-state index in [1.54, 1.807) is 7.11 Å². The lowest BCUT2D eigenvalue weighted by molar-refractivity contribution is 0.326. The van der Waals surface area contributed by atoms with Gasteiger partial charge in [-0.15, -0.1) is 0 Å². The molecule has 17 heavy (non-hydrogen) atoms. The SMILES string of the molecule is CCC1CCCC(Nc2ccccc2OC)C1. The highest BCUT2D eigenvalue weighted by atomic mass is 16.5. The molecule has 0 aromatic heterocycles. The van der Waals surface area contributed by atoms with Gasteiger partial charge >= 0.3 is 0 Å². The standard InChI is InChI=1S/C15H23NO/c1-3-12-7-6-8-13(11-12)16-14-9-4-5-10-15(14)17-2/h4-5,9-10,12-13,16H,3,6-8,11H2,1-2H3. The fourth-order valence-electron chi connectivity index (χ4n) is 2.78. The molecule has 0 radical (unpaired) electrons. The van der Waals surface area contributed by atoms with Gasteiger partial charge < -0.3 is 10.1 Å². The summed E-state index contributed by atoms with van der Waals surface area (Å²) in [6.07, 6.45) is 6.65. The Bertz CT molecular complexity index is 351.